The van der Waals surface area contributed by atoms with E-state index in [-0.39, 0.29) is 0 Å². The van der Waals surface area contributed by atoms with Gasteiger partial charge in [0.25, 0.3) is 0 Å². The Morgan fingerprint density at radius 2 is 1.54 bits per heavy atom. The van der Waals surface area contributed by atoms with E-state index in [0.717, 1.165) is 11.5 Å². The molecule has 0 aromatic heterocycles. The normalized spacial score (nSPS) is 8.23. The molecule has 0 atom stereocenters. The van der Waals surface area contributed by atoms with Gasteiger partial charge in [0.05, 0.1) is 14.2 Å². The first-order chi connectivity index (χ1) is 6.27. The third-order valence-corrected chi connectivity index (χ3v) is 1.54. The van der Waals surface area contributed by atoms with E-state index in [1.807, 2.05) is 25.1 Å². The van der Waals surface area contributed by atoms with Gasteiger partial charge in [-0.3, -0.25) is 0 Å². The summed E-state index contributed by atoms with van der Waals surface area (Å²) >= 11 is 0. The van der Waals surface area contributed by atoms with E-state index in [2.05, 4.69) is 13.2 Å². The Labute approximate surface area is 79.8 Å². The fourth-order valence-corrected chi connectivity index (χ4v) is 0.943. The van der Waals surface area contributed by atoms with Crippen molar-refractivity contribution in [3.8, 4) is 11.5 Å². The van der Waals surface area contributed by atoms with Gasteiger partial charge in [-0.25, -0.2) is 0 Å². The SMILES string of the molecule is C=C.COc1ccc(C)cc1OC. The van der Waals surface area contributed by atoms with E-state index in [1.54, 1.807) is 14.2 Å². The first-order valence-corrected chi connectivity index (χ1v) is 3.96. The summed E-state index contributed by atoms with van der Waals surface area (Å²) in [6, 6.07) is 5.83. The minimum absolute atomic E-state index is 0.776. The Bertz CT molecular complexity index is 256. The molecule has 0 radical (unpaired) electrons. The summed E-state index contributed by atoms with van der Waals surface area (Å²) in [5.41, 5.74) is 1.17. The van der Waals surface area contributed by atoms with Crippen LogP contribution in [0.3, 0.4) is 0 Å². The van der Waals surface area contributed by atoms with Gasteiger partial charge in [0.15, 0.2) is 11.5 Å². The second-order valence-electron chi connectivity index (χ2n) is 2.36. The van der Waals surface area contributed by atoms with Crippen molar-refractivity contribution in [2.24, 2.45) is 0 Å². The first-order valence-electron chi connectivity index (χ1n) is 3.96. The van der Waals surface area contributed by atoms with Crippen LogP contribution in [-0.4, -0.2) is 14.2 Å². The van der Waals surface area contributed by atoms with Crippen LogP contribution in [0.25, 0.3) is 0 Å². The predicted octanol–water partition coefficient (Wildman–Crippen LogP) is 2.81. The zero-order chi connectivity index (χ0) is 10.3. The summed E-state index contributed by atoms with van der Waals surface area (Å²) < 4.78 is 10.2. The van der Waals surface area contributed by atoms with Gasteiger partial charge >= 0.3 is 0 Å². The largest absolute Gasteiger partial charge is 0.493 e. The fraction of sp³-hybridized carbons (Fsp3) is 0.273. The van der Waals surface area contributed by atoms with E-state index < -0.39 is 0 Å². The number of benzene rings is 1. The van der Waals surface area contributed by atoms with Gasteiger partial charge in [0, 0.05) is 0 Å². The molecular weight excluding hydrogens is 164 g/mol. The van der Waals surface area contributed by atoms with Crippen LogP contribution >= 0.6 is 0 Å². The molecule has 0 saturated heterocycles. The second-order valence-corrected chi connectivity index (χ2v) is 2.36. The van der Waals surface area contributed by atoms with Crippen LogP contribution in [0.1, 0.15) is 5.56 Å². The quantitative estimate of drug-likeness (QED) is 0.651. The zero-order valence-electron chi connectivity index (χ0n) is 8.46. The molecular formula is C11H16O2. The maximum atomic E-state index is 5.09. The highest BCUT2D eigenvalue weighted by atomic mass is 16.5. The van der Waals surface area contributed by atoms with Crippen LogP contribution in [-0.2, 0) is 0 Å². The van der Waals surface area contributed by atoms with Crippen molar-refractivity contribution in [1.82, 2.24) is 0 Å². The number of methoxy groups -OCH3 is 2. The van der Waals surface area contributed by atoms with Crippen molar-refractivity contribution in [2.45, 2.75) is 6.92 Å². The van der Waals surface area contributed by atoms with Crippen LogP contribution < -0.4 is 9.47 Å². The smallest absolute Gasteiger partial charge is 0.160 e. The van der Waals surface area contributed by atoms with Crippen molar-refractivity contribution in [2.75, 3.05) is 14.2 Å². The van der Waals surface area contributed by atoms with Crippen molar-refractivity contribution in [3.05, 3.63) is 36.9 Å². The highest BCUT2D eigenvalue weighted by Crippen LogP contribution is 2.26. The number of ether oxygens (including phenoxy) is 2. The van der Waals surface area contributed by atoms with E-state index in [4.69, 9.17) is 9.47 Å². The van der Waals surface area contributed by atoms with Gasteiger partial charge in [0.1, 0.15) is 0 Å². The Balaban J connectivity index is 0.000000671. The van der Waals surface area contributed by atoms with Gasteiger partial charge in [-0.1, -0.05) is 6.07 Å². The zero-order valence-corrected chi connectivity index (χ0v) is 8.46. The second kappa shape index (κ2) is 6.12. The molecule has 2 nitrogen and oxygen atoms in total. The Morgan fingerprint density at radius 1 is 1.00 bits per heavy atom. The fourth-order valence-electron chi connectivity index (χ4n) is 0.943. The summed E-state index contributed by atoms with van der Waals surface area (Å²) in [5, 5.41) is 0. The molecule has 1 aromatic rings. The molecule has 0 unspecified atom stereocenters. The lowest BCUT2D eigenvalue weighted by molar-refractivity contribution is 0.354. The average Bonchev–Trinajstić information content (AvgIpc) is 2.20. The lowest BCUT2D eigenvalue weighted by Crippen LogP contribution is -1.90. The van der Waals surface area contributed by atoms with Crippen LogP contribution in [0.2, 0.25) is 0 Å². The minimum Gasteiger partial charge on any atom is -0.493 e. The molecule has 0 amide bonds. The Morgan fingerprint density at radius 3 is 2.00 bits per heavy atom. The van der Waals surface area contributed by atoms with E-state index >= 15 is 0 Å². The average molecular weight is 180 g/mol. The van der Waals surface area contributed by atoms with E-state index in [1.165, 1.54) is 5.56 Å². The summed E-state index contributed by atoms with van der Waals surface area (Å²) in [4.78, 5) is 0. The molecule has 0 N–H and O–H groups in total. The van der Waals surface area contributed by atoms with Crippen molar-refractivity contribution < 1.29 is 9.47 Å². The van der Waals surface area contributed by atoms with Gasteiger partial charge in [0.2, 0.25) is 0 Å². The molecule has 13 heavy (non-hydrogen) atoms. The molecule has 72 valence electrons. The Kier molecular flexibility index (Phi) is 5.44. The van der Waals surface area contributed by atoms with Crippen molar-refractivity contribution in [1.29, 1.82) is 0 Å². The van der Waals surface area contributed by atoms with E-state index in [9.17, 15) is 0 Å². The van der Waals surface area contributed by atoms with Gasteiger partial charge < -0.3 is 9.47 Å². The molecule has 0 bridgehead atoms. The molecule has 0 aliphatic carbocycles. The molecule has 0 saturated carbocycles. The Hall–Kier alpha value is -1.44. The molecule has 2 heteroatoms. The van der Waals surface area contributed by atoms with Gasteiger partial charge in [-0.05, 0) is 24.6 Å². The molecule has 0 fully saturated rings. The summed E-state index contributed by atoms with van der Waals surface area (Å²) in [5.74, 6) is 1.56. The summed E-state index contributed by atoms with van der Waals surface area (Å²) in [7, 11) is 3.27. The third-order valence-electron chi connectivity index (χ3n) is 1.54. The van der Waals surface area contributed by atoms with Crippen LogP contribution in [0.15, 0.2) is 31.4 Å². The number of hydrogen-bond acceptors (Lipinski definition) is 2. The molecule has 1 aromatic carbocycles. The van der Waals surface area contributed by atoms with Crippen LogP contribution in [0.5, 0.6) is 11.5 Å². The molecule has 0 aliphatic heterocycles. The van der Waals surface area contributed by atoms with Crippen molar-refractivity contribution >= 4 is 0 Å². The molecule has 1 rings (SSSR count). The maximum Gasteiger partial charge on any atom is 0.160 e. The van der Waals surface area contributed by atoms with Crippen molar-refractivity contribution in [3.63, 3.8) is 0 Å². The number of hydrogen-bond donors (Lipinski definition) is 0. The third kappa shape index (κ3) is 3.20. The molecule has 0 spiro atoms. The number of rotatable bonds is 2. The van der Waals surface area contributed by atoms with Gasteiger partial charge in [-0.2, -0.15) is 0 Å². The lowest BCUT2D eigenvalue weighted by atomic mass is 10.2. The first kappa shape index (κ1) is 11.6. The standard InChI is InChI=1S/C9H12O2.C2H4/c1-7-4-5-8(10-2)9(6-7)11-3;1-2/h4-6H,1-3H3;1-2H2. The summed E-state index contributed by atoms with van der Waals surface area (Å²) in [6.07, 6.45) is 0. The highest BCUT2D eigenvalue weighted by Gasteiger charge is 2.00. The monoisotopic (exact) mass is 180 g/mol. The molecule has 0 aliphatic rings. The predicted molar refractivity (Wildman–Crippen MR) is 55.5 cm³/mol. The maximum absolute atomic E-state index is 5.09. The number of aryl methyl sites for hydroxylation is 1. The summed E-state index contributed by atoms with van der Waals surface area (Å²) in [6.45, 7) is 8.02. The van der Waals surface area contributed by atoms with Gasteiger partial charge in [-0.15, -0.1) is 13.2 Å². The van der Waals surface area contributed by atoms with Crippen LogP contribution in [0.4, 0.5) is 0 Å². The topological polar surface area (TPSA) is 18.5 Å². The minimum atomic E-state index is 0.776. The molecule has 0 heterocycles. The lowest BCUT2D eigenvalue weighted by Gasteiger charge is -2.06. The van der Waals surface area contributed by atoms with Crippen LogP contribution in [0, 0.1) is 6.92 Å². The highest BCUT2D eigenvalue weighted by molar-refractivity contribution is 5.42. The van der Waals surface area contributed by atoms with E-state index in [0.29, 0.717) is 0 Å².